The van der Waals surface area contributed by atoms with Gasteiger partial charge in [-0.25, -0.2) is 4.79 Å². The van der Waals surface area contributed by atoms with Crippen LogP contribution in [0.2, 0.25) is 0 Å². The quantitative estimate of drug-likeness (QED) is 0.0228. The Morgan fingerprint density at radius 3 is 1.23 bits per heavy atom. The Hall–Kier alpha value is -2.80. The minimum Gasteiger partial charge on any atom is -0.479 e. The first kappa shape index (κ1) is 70.2. The average molecular weight is 1060 g/mol. The maximum Gasteiger partial charge on any atom is 0.335 e. The highest BCUT2D eigenvalue weighted by Crippen LogP contribution is 2.27. The SMILES string of the molecule is CCCCC/C=C\C/C=C\CCCCCCCCCC(=O)OC1C(OCC(COC(=O)CCCCCCCCCCCCCCCCCCCCC)OC(=O)CCCCCCCCCCC)OC(C(=O)O)C(O)C1O. The van der Waals surface area contributed by atoms with E-state index in [1.165, 1.54) is 154 Å². The molecule has 12 heteroatoms. The number of ether oxygens (including phenoxy) is 5. The van der Waals surface area contributed by atoms with Crippen LogP contribution in [0.25, 0.3) is 0 Å². The van der Waals surface area contributed by atoms with Gasteiger partial charge in [0.25, 0.3) is 0 Å². The molecule has 3 N–H and O–H groups in total. The molecule has 1 aliphatic heterocycles. The van der Waals surface area contributed by atoms with Crippen molar-refractivity contribution in [2.45, 2.75) is 340 Å². The lowest BCUT2D eigenvalue weighted by atomic mass is 9.98. The van der Waals surface area contributed by atoms with Crippen LogP contribution in [-0.2, 0) is 42.9 Å². The van der Waals surface area contributed by atoms with Crippen molar-refractivity contribution in [1.29, 1.82) is 0 Å². The van der Waals surface area contributed by atoms with Gasteiger partial charge >= 0.3 is 23.9 Å². The van der Waals surface area contributed by atoms with E-state index in [9.17, 15) is 34.5 Å². The highest BCUT2D eigenvalue weighted by molar-refractivity contribution is 5.74. The average Bonchev–Trinajstić information content (AvgIpc) is 3.39. The molecule has 438 valence electrons. The van der Waals surface area contributed by atoms with Crippen LogP contribution in [0.15, 0.2) is 24.3 Å². The summed E-state index contributed by atoms with van der Waals surface area (Å²) >= 11 is 0. The Bertz CT molecular complexity index is 1400. The molecule has 0 amide bonds. The van der Waals surface area contributed by atoms with Gasteiger partial charge in [0.2, 0.25) is 0 Å². The monoisotopic (exact) mass is 1060 g/mol. The molecule has 0 aliphatic carbocycles. The molecule has 1 heterocycles. The number of esters is 3. The number of aliphatic hydroxyl groups excluding tert-OH is 2. The summed E-state index contributed by atoms with van der Waals surface area (Å²) in [6, 6.07) is 0. The molecule has 75 heavy (non-hydrogen) atoms. The van der Waals surface area contributed by atoms with E-state index in [-0.39, 0.29) is 25.9 Å². The van der Waals surface area contributed by atoms with E-state index in [1.54, 1.807) is 0 Å². The van der Waals surface area contributed by atoms with Crippen molar-refractivity contribution in [2.75, 3.05) is 13.2 Å². The summed E-state index contributed by atoms with van der Waals surface area (Å²) in [5.41, 5.74) is 0. The van der Waals surface area contributed by atoms with E-state index in [4.69, 9.17) is 23.7 Å². The fourth-order valence-electron chi connectivity index (χ4n) is 9.69. The van der Waals surface area contributed by atoms with Crippen molar-refractivity contribution in [3.8, 4) is 0 Å². The molecule has 0 aromatic rings. The predicted octanol–water partition coefficient (Wildman–Crippen LogP) is 16.2. The number of carbonyl (C=O) groups is 4. The zero-order chi connectivity index (χ0) is 54.7. The Balaban J connectivity index is 2.59. The number of aliphatic hydroxyl groups is 2. The van der Waals surface area contributed by atoms with Crippen LogP contribution in [0.3, 0.4) is 0 Å². The number of unbranched alkanes of at least 4 members (excludes halogenated alkanes) is 36. The molecule has 0 aromatic carbocycles. The molecule has 0 aromatic heterocycles. The number of carboxylic acids is 1. The fraction of sp³-hybridized carbons (Fsp3) is 0.873. The Kier molecular flexibility index (Phi) is 48.6. The molecule has 1 aliphatic rings. The van der Waals surface area contributed by atoms with Gasteiger partial charge in [-0.1, -0.05) is 257 Å². The summed E-state index contributed by atoms with van der Waals surface area (Å²) in [7, 11) is 0. The first-order valence-corrected chi connectivity index (χ1v) is 31.3. The minimum atomic E-state index is -1.90. The zero-order valence-corrected chi connectivity index (χ0v) is 48.3. The van der Waals surface area contributed by atoms with Crippen LogP contribution in [0.1, 0.15) is 303 Å². The van der Waals surface area contributed by atoms with E-state index < -0.39 is 67.3 Å². The van der Waals surface area contributed by atoms with Crippen molar-refractivity contribution < 1.29 is 58.2 Å². The number of rotatable bonds is 54. The van der Waals surface area contributed by atoms with E-state index in [0.717, 1.165) is 89.9 Å². The lowest BCUT2D eigenvalue weighted by Gasteiger charge is -2.40. The molecular formula is C63H114O12. The predicted molar refractivity (Wildman–Crippen MR) is 303 cm³/mol. The lowest BCUT2D eigenvalue weighted by molar-refractivity contribution is -0.301. The van der Waals surface area contributed by atoms with E-state index in [2.05, 4.69) is 45.1 Å². The van der Waals surface area contributed by atoms with Gasteiger partial charge in [-0.05, 0) is 51.4 Å². The van der Waals surface area contributed by atoms with Crippen LogP contribution in [0, 0.1) is 0 Å². The van der Waals surface area contributed by atoms with E-state index >= 15 is 0 Å². The second-order valence-corrected chi connectivity index (χ2v) is 21.7. The number of allylic oxidation sites excluding steroid dienone is 4. The first-order valence-electron chi connectivity index (χ1n) is 31.3. The molecule has 0 saturated carbocycles. The number of carbonyl (C=O) groups excluding carboxylic acids is 3. The highest BCUT2D eigenvalue weighted by atomic mass is 16.7. The molecule has 1 saturated heterocycles. The molecule has 0 spiro atoms. The largest absolute Gasteiger partial charge is 0.479 e. The van der Waals surface area contributed by atoms with Gasteiger partial charge in [-0.2, -0.15) is 0 Å². The third-order valence-corrected chi connectivity index (χ3v) is 14.5. The Morgan fingerprint density at radius 1 is 0.440 bits per heavy atom. The van der Waals surface area contributed by atoms with Crippen LogP contribution in [0.4, 0.5) is 0 Å². The maximum absolute atomic E-state index is 13.1. The van der Waals surface area contributed by atoms with E-state index in [1.807, 2.05) is 0 Å². The van der Waals surface area contributed by atoms with Gasteiger partial charge in [0, 0.05) is 19.3 Å². The summed E-state index contributed by atoms with van der Waals surface area (Å²) in [4.78, 5) is 51.1. The summed E-state index contributed by atoms with van der Waals surface area (Å²) in [5, 5.41) is 31.5. The summed E-state index contributed by atoms with van der Waals surface area (Å²) < 4.78 is 28.4. The molecule has 12 nitrogen and oxygen atoms in total. The third-order valence-electron chi connectivity index (χ3n) is 14.5. The van der Waals surface area contributed by atoms with Crippen LogP contribution < -0.4 is 0 Å². The third kappa shape index (κ3) is 41.9. The van der Waals surface area contributed by atoms with Gasteiger partial charge in [0.1, 0.15) is 18.8 Å². The van der Waals surface area contributed by atoms with Crippen molar-refractivity contribution in [1.82, 2.24) is 0 Å². The van der Waals surface area contributed by atoms with Gasteiger partial charge in [-0.15, -0.1) is 0 Å². The molecule has 1 rings (SSSR count). The topological polar surface area (TPSA) is 175 Å². The number of aliphatic carboxylic acids is 1. The first-order chi connectivity index (χ1) is 36.6. The van der Waals surface area contributed by atoms with Gasteiger partial charge < -0.3 is 39.0 Å². The summed E-state index contributed by atoms with van der Waals surface area (Å²) in [6.45, 7) is 5.98. The molecule has 0 bridgehead atoms. The second-order valence-electron chi connectivity index (χ2n) is 21.7. The smallest absolute Gasteiger partial charge is 0.335 e. The van der Waals surface area contributed by atoms with Crippen LogP contribution in [0.5, 0.6) is 0 Å². The maximum atomic E-state index is 13.1. The van der Waals surface area contributed by atoms with Crippen molar-refractivity contribution in [3.05, 3.63) is 24.3 Å². The van der Waals surface area contributed by atoms with Gasteiger partial charge in [0.05, 0.1) is 6.61 Å². The number of hydrogen-bond donors (Lipinski definition) is 3. The molecular weight excluding hydrogens is 949 g/mol. The van der Waals surface area contributed by atoms with Crippen LogP contribution in [-0.4, -0.2) is 89.2 Å². The second kappa shape index (κ2) is 51.9. The van der Waals surface area contributed by atoms with E-state index in [0.29, 0.717) is 19.3 Å². The number of hydrogen-bond acceptors (Lipinski definition) is 11. The lowest BCUT2D eigenvalue weighted by Crippen LogP contribution is -2.61. The standard InChI is InChI=1S/C63H114O12/c1-4-7-10-13-16-19-21-23-25-27-28-30-31-33-35-38-40-43-46-49-55(64)71-52-54(73-56(65)50-47-44-41-37-18-15-12-9-6-3)53-72-63-61(59(68)58(67)60(75-63)62(69)70)74-57(66)51-48-45-42-39-36-34-32-29-26-24-22-20-17-14-11-8-5-2/h17,20,24,26,54,58-61,63,67-68H,4-16,18-19,21-23,25,27-53H2,1-3H3,(H,69,70)/b20-17-,26-24-. The summed E-state index contributed by atoms with van der Waals surface area (Å²) in [5.74, 6) is -3.10. The van der Waals surface area contributed by atoms with Crippen molar-refractivity contribution in [2.24, 2.45) is 0 Å². The minimum absolute atomic E-state index is 0.0563. The van der Waals surface area contributed by atoms with Gasteiger partial charge in [0.15, 0.2) is 24.6 Å². The normalized spacial score (nSPS) is 18.2. The molecule has 6 unspecified atom stereocenters. The number of carboxylic acid groups (broad SMARTS) is 1. The highest BCUT2D eigenvalue weighted by Gasteiger charge is 2.50. The fourth-order valence-corrected chi connectivity index (χ4v) is 9.69. The molecule has 0 radical (unpaired) electrons. The zero-order valence-electron chi connectivity index (χ0n) is 48.3. The molecule has 6 atom stereocenters. The van der Waals surface area contributed by atoms with Crippen molar-refractivity contribution in [3.63, 3.8) is 0 Å². The molecule has 1 fully saturated rings. The Labute approximate surface area is 458 Å². The summed E-state index contributed by atoms with van der Waals surface area (Å²) in [6.07, 6.45) is 47.3. The van der Waals surface area contributed by atoms with Crippen molar-refractivity contribution >= 4 is 23.9 Å². The van der Waals surface area contributed by atoms with Gasteiger partial charge in [-0.3, -0.25) is 14.4 Å². The van der Waals surface area contributed by atoms with Crippen LogP contribution >= 0.6 is 0 Å². The Morgan fingerprint density at radius 2 is 0.800 bits per heavy atom.